The van der Waals surface area contributed by atoms with E-state index in [2.05, 4.69) is 11.4 Å². The minimum absolute atomic E-state index is 0.0190. The second-order valence-electron chi connectivity index (χ2n) is 7.26. The third-order valence-corrected chi connectivity index (χ3v) is 5.07. The number of nitrogens with one attached hydrogen (secondary N) is 1. The van der Waals surface area contributed by atoms with Gasteiger partial charge in [-0.05, 0) is 54.1 Å². The zero-order valence-corrected chi connectivity index (χ0v) is 17.2. The molecule has 33 heavy (non-hydrogen) atoms. The summed E-state index contributed by atoms with van der Waals surface area (Å²) >= 11 is 0. The van der Waals surface area contributed by atoms with Gasteiger partial charge in [-0.15, -0.1) is 0 Å². The maximum Gasteiger partial charge on any atom is 0.269 e. The summed E-state index contributed by atoms with van der Waals surface area (Å²) in [5.41, 5.74) is 2.86. The molecular weight excluding hydrogens is 423 g/mol. The highest BCUT2D eigenvalue weighted by atomic mass is 19.1. The first-order valence-electron chi connectivity index (χ1n) is 9.94. The summed E-state index contributed by atoms with van der Waals surface area (Å²) in [5.74, 6) is -0.670. The maximum absolute atomic E-state index is 13.1. The summed E-state index contributed by atoms with van der Waals surface area (Å²) in [5, 5.41) is 24.1. The molecule has 8 heteroatoms. The Morgan fingerprint density at radius 1 is 1.09 bits per heavy atom. The van der Waals surface area contributed by atoms with Crippen molar-refractivity contribution < 1.29 is 14.1 Å². The van der Waals surface area contributed by atoms with Crippen LogP contribution in [-0.2, 0) is 11.3 Å². The molecule has 1 heterocycles. The Morgan fingerprint density at radius 2 is 1.79 bits per heavy atom. The Balaban J connectivity index is 1.64. The Bertz CT molecular complexity index is 1420. The molecule has 0 bridgehead atoms. The SMILES string of the molecule is N#C/C(=C/c1cn(CC(=O)Nc2ccc(F)cc2)c2ccccc12)c1ccc([N+](=O)[O-])cc1. The molecular formula is C25H17FN4O3. The minimum atomic E-state index is -0.496. The van der Waals surface area contributed by atoms with E-state index in [0.29, 0.717) is 16.8 Å². The van der Waals surface area contributed by atoms with E-state index < -0.39 is 4.92 Å². The Hall–Kier alpha value is -4.77. The van der Waals surface area contributed by atoms with Crippen LogP contribution in [0.4, 0.5) is 15.8 Å². The summed E-state index contributed by atoms with van der Waals surface area (Å²) < 4.78 is 14.9. The summed E-state index contributed by atoms with van der Waals surface area (Å²) in [4.78, 5) is 22.9. The van der Waals surface area contributed by atoms with E-state index in [1.54, 1.807) is 16.8 Å². The first kappa shape index (κ1) is 21.5. The van der Waals surface area contributed by atoms with E-state index >= 15 is 0 Å². The molecule has 0 radical (unpaired) electrons. The molecule has 0 aliphatic rings. The van der Waals surface area contributed by atoms with Crippen LogP contribution in [-0.4, -0.2) is 15.4 Å². The molecule has 7 nitrogen and oxygen atoms in total. The van der Waals surface area contributed by atoms with Crippen molar-refractivity contribution in [1.29, 1.82) is 5.26 Å². The van der Waals surface area contributed by atoms with Crippen LogP contribution in [0.5, 0.6) is 0 Å². The number of anilines is 1. The Morgan fingerprint density at radius 3 is 2.45 bits per heavy atom. The maximum atomic E-state index is 13.1. The minimum Gasteiger partial charge on any atom is -0.337 e. The molecule has 1 amide bonds. The van der Waals surface area contributed by atoms with Gasteiger partial charge in [0.05, 0.1) is 16.6 Å². The Labute approximate surface area is 188 Å². The average molecular weight is 440 g/mol. The number of non-ortho nitro benzene ring substituents is 1. The summed E-state index contributed by atoms with van der Waals surface area (Å²) in [6.07, 6.45) is 3.47. The predicted octanol–water partition coefficient (Wildman–Crippen LogP) is 5.39. The fourth-order valence-corrected chi connectivity index (χ4v) is 3.51. The van der Waals surface area contributed by atoms with Gasteiger partial charge in [-0.1, -0.05) is 18.2 Å². The summed E-state index contributed by atoms with van der Waals surface area (Å²) in [7, 11) is 0. The number of fused-ring (bicyclic) bond motifs is 1. The number of halogens is 1. The van der Waals surface area contributed by atoms with Gasteiger partial charge in [-0.3, -0.25) is 14.9 Å². The molecule has 3 aromatic carbocycles. The second-order valence-corrected chi connectivity index (χ2v) is 7.26. The van der Waals surface area contributed by atoms with Gasteiger partial charge < -0.3 is 9.88 Å². The van der Waals surface area contributed by atoms with Crippen LogP contribution in [0.15, 0.2) is 79.0 Å². The van der Waals surface area contributed by atoms with E-state index in [-0.39, 0.29) is 24.0 Å². The first-order valence-corrected chi connectivity index (χ1v) is 9.94. The van der Waals surface area contributed by atoms with E-state index in [1.807, 2.05) is 24.3 Å². The number of benzene rings is 3. The van der Waals surface area contributed by atoms with Crippen LogP contribution in [0.3, 0.4) is 0 Å². The lowest BCUT2D eigenvalue weighted by atomic mass is 10.0. The van der Waals surface area contributed by atoms with Gasteiger partial charge in [-0.2, -0.15) is 5.26 Å². The van der Waals surface area contributed by atoms with Crippen LogP contribution < -0.4 is 5.32 Å². The number of allylic oxidation sites excluding steroid dienone is 1. The number of carbonyl (C=O) groups is 1. The number of hydrogen-bond acceptors (Lipinski definition) is 4. The highest BCUT2D eigenvalue weighted by Gasteiger charge is 2.12. The van der Waals surface area contributed by atoms with Gasteiger partial charge in [0.1, 0.15) is 12.4 Å². The van der Waals surface area contributed by atoms with Crippen molar-refractivity contribution >= 4 is 39.8 Å². The number of nitriles is 1. The zero-order chi connectivity index (χ0) is 23.4. The third kappa shape index (κ3) is 4.78. The topological polar surface area (TPSA) is 101 Å². The van der Waals surface area contributed by atoms with Crippen LogP contribution in [0, 0.1) is 27.3 Å². The normalized spacial score (nSPS) is 11.2. The van der Waals surface area contributed by atoms with Crippen molar-refractivity contribution in [3.8, 4) is 6.07 Å². The third-order valence-electron chi connectivity index (χ3n) is 5.07. The van der Waals surface area contributed by atoms with Crippen molar-refractivity contribution in [2.24, 2.45) is 0 Å². The molecule has 0 aliphatic carbocycles. The molecule has 4 rings (SSSR count). The molecule has 0 saturated heterocycles. The Kier molecular flexibility index (Phi) is 5.96. The number of nitro benzene ring substituents is 1. The lowest BCUT2D eigenvalue weighted by Crippen LogP contribution is -2.18. The number of hydrogen-bond donors (Lipinski definition) is 1. The predicted molar refractivity (Wildman–Crippen MR) is 124 cm³/mol. The van der Waals surface area contributed by atoms with E-state index in [4.69, 9.17) is 0 Å². The van der Waals surface area contributed by atoms with Crippen molar-refractivity contribution in [3.63, 3.8) is 0 Å². The quantitative estimate of drug-likeness (QED) is 0.247. The first-order chi connectivity index (χ1) is 15.9. The molecule has 0 fully saturated rings. The average Bonchev–Trinajstić information content (AvgIpc) is 3.16. The number of carbonyl (C=O) groups excluding carboxylic acids is 1. The lowest BCUT2D eigenvalue weighted by Gasteiger charge is -2.07. The van der Waals surface area contributed by atoms with Gasteiger partial charge in [0.25, 0.3) is 5.69 Å². The molecule has 1 aromatic heterocycles. The van der Waals surface area contributed by atoms with Gasteiger partial charge >= 0.3 is 0 Å². The molecule has 0 saturated carbocycles. The fourth-order valence-electron chi connectivity index (χ4n) is 3.51. The summed E-state index contributed by atoms with van der Waals surface area (Å²) in [6, 6.07) is 20.9. The number of aromatic nitrogens is 1. The highest BCUT2D eigenvalue weighted by molar-refractivity contribution is 5.99. The van der Waals surface area contributed by atoms with E-state index in [9.17, 15) is 24.6 Å². The fraction of sp³-hybridized carbons (Fsp3) is 0.0400. The van der Waals surface area contributed by atoms with E-state index in [0.717, 1.165) is 16.5 Å². The van der Waals surface area contributed by atoms with Gasteiger partial charge in [0.15, 0.2) is 0 Å². The number of amides is 1. The molecule has 1 N–H and O–H groups in total. The van der Waals surface area contributed by atoms with Crippen LogP contribution >= 0.6 is 0 Å². The van der Waals surface area contributed by atoms with E-state index in [1.165, 1.54) is 48.5 Å². The van der Waals surface area contributed by atoms with Crippen LogP contribution in [0.25, 0.3) is 22.6 Å². The zero-order valence-electron chi connectivity index (χ0n) is 17.2. The number of rotatable bonds is 6. The number of para-hydroxylation sites is 1. The number of nitro groups is 1. The monoisotopic (exact) mass is 440 g/mol. The highest BCUT2D eigenvalue weighted by Crippen LogP contribution is 2.27. The lowest BCUT2D eigenvalue weighted by molar-refractivity contribution is -0.384. The second kappa shape index (κ2) is 9.16. The number of nitrogens with zero attached hydrogens (tertiary/aromatic N) is 3. The standard InChI is InChI=1S/C25H17FN4O3/c26-20-7-9-21(10-8-20)28-25(31)16-29-15-19(23-3-1-2-4-24(23)29)13-18(14-27)17-5-11-22(12-6-17)30(32)33/h1-13,15H,16H2,(H,28,31)/b18-13-. The smallest absolute Gasteiger partial charge is 0.269 e. The molecule has 0 unspecified atom stereocenters. The van der Waals surface area contributed by atoms with Crippen molar-refractivity contribution in [2.75, 3.05) is 5.32 Å². The molecule has 0 spiro atoms. The van der Waals surface area contributed by atoms with Crippen molar-refractivity contribution in [2.45, 2.75) is 6.54 Å². The summed E-state index contributed by atoms with van der Waals surface area (Å²) in [6.45, 7) is 0.0190. The molecule has 0 aliphatic heterocycles. The van der Waals surface area contributed by atoms with Gasteiger partial charge in [0.2, 0.25) is 5.91 Å². The van der Waals surface area contributed by atoms with Crippen LogP contribution in [0.2, 0.25) is 0 Å². The van der Waals surface area contributed by atoms with Crippen LogP contribution in [0.1, 0.15) is 11.1 Å². The van der Waals surface area contributed by atoms with Crippen molar-refractivity contribution in [3.05, 3.63) is 106 Å². The largest absolute Gasteiger partial charge is 0.337 e. The van der Waals surface area contributed by atoms with Gasteiger partial charge in [-0.25, -0.2) is 4.39 Å². The van der Waals surface area contributed by atoms with Gasteiger partial charge in [0, 0.05) is 40.5 Å². The molecule has 162 valence electrons. The van der Waals surface area contributed by atoms with Crippen molar-refractivity contribution in [1.82, 2.24) is 4.57 Å². The molecule has 4 aromatic rings. The molecule has 0 atom stereocenters.